The van der Waals surface area contributed by atoms with E-state index >= 15 is 0 Å². The van der Waals surface area contributed by atoms with Crippen LogP contribution in [0.4, 0.5) is 0 Å². The minimum atomic E-state index is 0. The molecular weight excluding hydrogens is 184 g/mol. The van der Waals surface area contributed by atoms with Gasteiger partial charge >= 0.3 is 0 Å². The van der Waals surface area contributed by atoms with Crippen molar-refractivity contribution in [3.8, 4) is 0 Å². The highest BCUT2D eigenvalue weighted by Crippen LogP contribution is 2.16. The predicted molar refractivity (Wildman–Crippen MR) is 59.0 cm³/mol. The number of aryl methyl sites for hydroxylation is 1. The zero-order valence-electron chi connectivity index (χ0n) is 8.16. The fourth-order valence-corrected chi connectivity index (χ4v) is 1.34. The molecule has 1 atom stereocenters. The van der Waals surface area contributed by atoms with E-state index in [-0.39, 0.29) is 18.4 Å². The molecular formula is C10H17ClN2. The molecule has 0 unspecified atom stereocenters. The summed E-state index contributed by atoms with van der Waals surface area (Å²) >= 11 is 0. The van der Waals surface area contributed by atoms with Crippen molar-refractivity contribution in [2.75, 3.05) is 0 Å². The molecule has 3 heteroatoms. The summed E-state index contributed by atoms with van der Waals surface area (Å²) in [4.78, 5) is 0. The number of hydrogen-bond acceptors (Lipinski definition) is 1. The molecule has 1 aromatic heterocycles. The van der Waals surface area contributed by atoms with Gasteiger partial charge in [0.25, 0.3) is 0 Å². The molecule has 0 radical (unpaired) electrons. The first-order chi connectivity index (χ1) is 5.61. The summed E-state index contributed by atoms with van der Waals surface area (Å²) in [6.45, 7) is 5.85. The van der Waals surface area contributed by atoms with Crippen molar-refractivity contribution in [2.45, 2.75) is 19.4 Å². The van der Waals surface area contributed by atoms with Crippen LogP contribution in [0.25, 0.3) is 0 Å². The van der Waals surface area contributed by atoms with Gasteiger partial charge in [-0.1, -0.05) is 5.57 Å². The molecule has 1 aromatic rings. The number of rotatable bonds is 3. The van der Waals surface area contributed by atoms with Gasteiger partial charge < -0.3 is 10.3 Å². The van der Waals surface area contributed by atoms with E-state index in [2.05, 4.69) is 6.58 Å². The first-order valence-electron chi connectivity index (χ1n) is 4.12. The molecule has 0 bridgehead atoms. The van der Waals surface area contributed by atoms with Crippen molar-refractivity contribution in [3.05, 3.63) is 36.2 Å². The molecule has 74 valence electrons. The van der Waals surface area contributed by atoms with E-state index in [9.17, 15) is 0 Å². The Bertz CT molecular complexity index is 278. The van der Waals surface area contributed by atoms with Crippen LogP contribution in [-0.2, 0) is 7.05 Å². The van der Waals surface area contributed by atoms with E-state index in [1.54, 1.807) is 0 Å². The standard InChI is InChI=1S/C10H16N2.ClH/c1-8(2)7-9(11)10-5-4-6-12(10)3;/h4-6,9H,1,7,11H2,2-3H3;1H/t9-;/m0./s1. The smallest absolute Gasteiger partial charge is 0.0487 e. The van der Waals surface area contributed by atoms with Gasteiger partial charge in [-0.2, -0.15) is 0 Å². The monoisotopic (exact) mass is 200 g/mol. The zero-order valence-corrected chi connectivity index (χ0v) is 8.97. The topological polar surface area (TPSA) is 30.9 Å². The minimum absolute atomic E-state index is 0. The lowest BCUT2D eigenvalue weighted by Crippen LogP contribution is -2.13. The molecule has 0 saturated heterocycles. The van der Waals surface area contributed by atoms with Crippen LogP contribution in [0.3, 0.4) is 0 Å². The molecule has 0 aliphatic heterocycles. The van der Waals surface area contributed by atoms with Gasteiger partial charge in [-0.15, -0.1) is 19.0 Å². The molecule has 2 N–H and O–H groups in total. The van der Waals surface area contributed by atoms with Crippen LogP contribution in [0.2, 0.25) is 0 Å². The number of hydrogen-bond donors (Lipinski definition) is 1. The second kappa shape index (κ2) is 5.10. The van der Waals surface area contributed by atoms with Crippen molar-refractivity contribution >= 4 is 12.4 Å². The van der Waals surface area contributed by atoms with Gasteiger partial charge in [0.05, 0.1) is 0 Å². The molecule has 13 heavy (non-hydrogen) atoms. The maximum Gasteiger partial charge on any atom is 0.0487 e. The Morgan fingerprint density at radius 1 is 1.69 bits per heavy atom. The lowest BCUT2D eigenvalue weighted by molar-refractivity contribution is 0.653. The third-order valence-electron chi connectivity index (χ3n) is 1.93. The van der Waals surface area contributed by atoms with Crippen molar-refractivity contribution < 1.29 is 0 Å². The third kappa shape index (κ3) is 3.25. The van der Waals surface area contributed by atoms with Gasteiger partial charge in [-0.3, -0.25) is 0 Å². The Labute approximate surface area is 85.8 Å². The highest BCUT2D eigenvalue weighted by atomic mass is 35.5. The normalized spacial score (nSPS) is 11.9. The average molecular weight is 201 g/mol. The third-order valence-corrected chi connectivity index (χ3v) is 1.93. The second-order valence-corrected chi connectivity index (χ2v) is 3.31. The van der Waals surface area contributed by atoms with Crippen molar-refractivity contribution in [1.82, 2.24) is 4.57 Å². The van der Waals surface area contributed by atoms with Crippen molar-refractivity contribution in [2.24, 2.45) is 12.8 Å². The number of nitrogens with two attached hydrogens (primary N) is 1. The fourth-order valence-electron chi connectivity index (χ4n) is 1.34. The predicted octanol–water partition coefficient (Wildman–Crippen LogP) is 2.41. The maximum absolute atomic E-state index is 5.96. The minimum Gasteiger partial charge on any atom is -0.353 e. The van der Waals surface area contributed by atoms with Gasteiger partial charge in [-0.25, -0.2) is 0 Å². The Balaban J connectivity index is 0.00000144. The summed E-state index contributed by atoms with van der Waals surface area (Å²) in [6.07, 6.45) is 2.87. The molecule has 0 saturated carbocycles. The SMILES string of the molecule is C=C(C)C[C@H](N)c1cccn1C.Cl. The Morgan fingerprint density at radius 3 is 2.69 bits per heavy atom. The summed E-state index contributed by atoms with van der Waals surface area (Å²) < 4.78 is 2.05. The van der Waals surface area contributed by atoms with Crippen molar-refractivity contribution in [1.29, 1.82) is 0 Å². The summed E-state index contributed by atoms with van der Waals surface area (Å²) in [5, 5.41) is 0. The molecule has 0 aliphatic carbocycles. The molecule has 0 aromatic carbocycles. The number of halogens is 1. The van der Waals surface area contributed by atoms with E-state index in [1.807, 2.05) is 36.9 Å². The molecule has 1 rings (SSSR count). The highest BCUT2D eigenvalue weighted by molar-refractivity contribution is 5.85. The lowest BCUT2D eigenvalue weighted by atomic mass is 10.1. The van der Waals surface area contributed by atoms with Crippen LogP contribution < -0.4 is 5.73 Å². The molecule has 0 amide bonds. The molecule has 0 fully saturated rings. The Hall–Kier alpha value is -0.730. The van der Waals surface area contributed by atoms with Crippen molar-refractivity contribution in [3.63, 3.8) is 0 Å². The van der Waals surface area contributed by atoms with Crippen LogP contribution in [0.1, 0.15) is 25.1 Å². The van der Waals surface area contributed by atoms with E-state index < -0.39 is 0 Å². The highest BCUT2D eigenvalue weighted by Gasteiger charge is 2.07. The second-order valence-electron chi connectivity index (χ2n) is 3.31. The summed E-state index contributed by atoms with van der Waals surface area (Å²) in [7, 11) is 2.01. The first-order valence-corrected chi connectivity index (χ1v) is 4.12. The molecule has 2 nitrogen and oxygen atoms in total. The van der Waals surface area contributed by atoms with Crippen LogP contribution in [0.15, 0.2) is 30.5 Å². The van der Waals surface area contributed by atoms with Crippen LogP contribution in [0, 0.1) is 0 Å². The molecule has 0 aliphatic rings. The van der Waals surface area contributed by atoms with Gasteiger partial charge in [0.1, 0.15) is 0 Å². The molecule has 0 spiro atoms. The fraction of sp³-hybridized carbons (Fsp3) is 0.400. The number of nitrogens with zero attached hydrogens (tertiary/aromatic N) is 1. The zero-order chi connectivity index (χ0) is 9.14. The maximum atomic E-state index is 5.96. The summed E-state index contributed by atoms with van der Waals surface area (Å²) in [6, 6.07) is 4.14. The average Bonchev–Trinajstić information content (AvgIpc) is 2.33. The van der Waals surface area contributed by atoms with Crippen LogP contribution in [0.5, 0.6) is 0 Å². The molecule has 1 heterocycles. The van der Waals surface area contributed by atoms with Crippen LogP contribution in [-0.4, -0.2) is 4.57 Å². The number of aromatic nitrogens is 1. The summed E-state index contributed by atoms with van der Waals surface area (Å²) in [5.41, 5.74) is 8.25. The van der Waals surface area contributed by atoms with Gasteiger partial charge in [0.2, 0.25) is 0 Å². The van der Waals surface area contributed by atoms with E-state index in [1.165, 1.54) is 0 Å². The van der Waals surface area contributed by atoms with Gasteiger partial charge in [0, 0.05) is 25.0 Å². The van der Waals surface area contributed by atoms with E-state index in [0.717, 1.165) is 17.7 Å². The Kier molecular flexibility index (Phi) is 4.81. The van der Waals surface area contributed by atoms with Gasteiger partial charge in [0.15, 0.2) is 0 Å². The quantitative estimate of drug-likeness (QED) is 0.747. The largest absolute Gasteiger partial charge is 0.353 e. The lowest BCUT2D eigenvalue weighted by Gasteiger charge is -2.12. The Morgan fingerprint density at radius 2 is 2.31 bits per heavy atom. The van der Waals surface area contributed by atoms with Crippen LogP contribution >= 0.6 is 12.4 Å². The summed E-state index contributed by atoms with van der Waals surface area (Å²) in [5.74, 6) is 0. The first kappa shape index (κ1) is 12.3. The van der Waals surface area contributed by atoms with E-state index in [4.69, 9.17) is 5.73 Å². The van der Waals surface area contributed by atoms with Gasteiger partial charge in [-0.05, 0) is 25.5 Å². The van der Waals surface area contributed by atoms with E-state index in [0.29, 0.717) is 0 Å².